The van der Waals surface area contributed by atoms with Gasteiger partial charge in [0.1, 0.15) is 5.82 Å². The Morgan fingerprint density at radius 2 is 2.25 bits per heavy atom. The van der Waals surface area contributed by atoms with Gasteiger partial charge in [-0.15, -0.1) is 0 Å². The van der Waals surface area contributed by atoms with Gasteiger partial charge in [-0.2, -0.15) is 4.99 Å². The van der Waals surface area contributed by atoms with Gasteiger partial charge in [-0.25, -0.2) is 9.18 Å². The predicted molar refractivity (Wildman–Crippen MR) is 43.9 cm³/mol. The summed E-state index contributed by atoms with van der Waals surface area (Å²) in [6, 6.07) is 2.35. The molecule has 0 unspecified atom stereocenters. The van der Waals surface area contributed by atoms with Crippen LogP contribution < -0.4 is 0 Å². The first-order chi connectivity index (χ1) is 5.65. The number of carbonyl (C=O) groups excluding carboxylic acids is 1. The highest BCUT2D eigenvalue weighted by atomic mass is 35.5. The number of hydrogen-bond acceptors (Lipinski definition) is 2. The predicted octanol–water partition coefficient (Wildman–Crippen LogP) is 2.75. The van der Waals surface area contributed by atoms with Crippen molar-refractivity contribution in [1.29, 1.82) is 0 Å². The van der Waals surface area contributed by atoms with Crippen LogP contribution in [0.5, 0.6) is 0 Å². The second-order valence-electron chi connectivity index (χ2n) is 2.26. The Labute approximate surface area is 73.7 Å². The van der Waals surface area contributed by atoms with E-state index in [0.717, 1.165) is 6.07 Å². The first-order valence-electron chi connectivity index (χ1n) is 3.18. The summed E-state index contributed by atoms with van der Waals surface area (Å²) in [6.07, 6.45) is 1.35. The van der Waals surface area contributed by atoms with Crippen molar-refractivity contribution in [1.82, 2.24) is 0 Å². The lowest BCUT2D eigenvalue weighted by Gasteiger charge is -2.00. The molecule has 4 heteroatoms. The minimum Gasteiger partial charge on any atom is -0.211 e. The lowest BCUT2D eigenvalue weighted by molar-refractivity contribution is 0.565. The van der Waals surface area contributed by atoms with Crippen LogP contribution in [0.25, 0.3) is 0 Å². The minimum absolute atomic E-state index is 0.121. The summed E-state index contributed by atoms with van der Waals surface area (Å²) in [5, 5.41) is 0.121. The van der Waals surface area contributed by atoms with Gasteiger partial charge in [0.25, 0.3) is 0 Å². The molecule has 1 aromatic carbocycles. The Balaban J connectivity index is 3.37. The average Bonchev–Trinajstić information content (AvgIpc) is 1.96. The first-order valence-corrected chi connectivity index (χ1v) is 3.56. The molecule has 62 valence electrons. The van der Waals surface area contributed by atoms with E-state index in [2.05, 4.69) is 4.99 Å². The van der Waals surface area contributed by atoms with Crippen LogP contribution in [-0.2, 0) is 4.79 Å². The van der Waals surface area contributed by atoms with Crippen LogP contribution in [0.1, 0.15) is 5.56 Å². The Morgan fingerprint density at radius 3 is 2.75 bits per heavy atom. The van der Waals surface area contributed by atoms with Gasteiger partial charge in [-0.1, -0.05) is 11.6 Å². The largest absolute Gasteiger partial charge is 0.240 e. The normalized spacial score (nSPS) is 9.25. The first kappa shape index (κ1) is 8.91. The third-order valence-corrected chi connectivity index (χ3v) is 1.66. The summed E-state index contributed by atoms with van der Waals surface area (Å²) in [5.41, 5.74) is 0.788. The molecule has 0 radical (unpaired) electrons. The molecule has 0 heterocycles. The van der Waals surface area contributed by atoms with Crippen LogP contribution in [0.3, 0.4) is 0 Å². The molecule has 0 bridgehead atoms. The van der Waals surface area contributed by atoms with Gasteiger partial charge in [0.2, 0.25) is 6.08 Å². The molecule has 0 aliphatic rings. The van der Waals surface area contributed by atoms with E-state index in [1.165, 1.54) is 12.1 Å². The fraction of sp³-hybridized carbons (Fsp3) is 0.125. The van der Waals surface area contributed by atoms with Gasteiger partial charge in [0, 0.05) is 0 Å². The van der Waals surface area contributed by atoms with Crippen molar-refractivity contribution in [3.05, 3.63) is 28.5 Å². The quantitative estimate of drug-likeness (QED) is 0.489. The molecule has 0 aromatic heterocycles. The summed E-state index contributed by atoms with van der Waals surface area (Å²) in [6.45, 7) is 1.62. The van der Waals surface area contributed by atoms with E-state index < -0.39 is 5.82 Å². The van der Waals surface area contributed by atoms with Crippen LogP contribution in [0.15, 0.2) is 17.1 Å². The number of isocyanates is 1. The number of halogens is 2. The molecule has 1 aromatic rings. The van der Waals surface area contributed by atoms with Crippen LogP contribution in [0, 0.1) is 12.7 Å². The van der Waals surface area contributed by atoms with Crippen molar-refractivity contribution in [2.45, 2.75) is 6.92 Å². The summed E-state index contributed by atoms with van der Waals surface area (Å²) in [4.78, 5) is 13.3. The molecule has 0 saturated heterocycles. The second-order valence-corrected chi connectivity index (χ2v) is 2.66. The number of rotatable bonds is 1. The standard InChI is InChI=1S/C8H5ClFNO/c1-5-2-6(10)3-7(9)8(5)11-4-12/h2-3H,1H3. The molecule has 0 aliphatic heterocycles. The Hall–Kier alpha value is -1.18. The van der Waals surface area contributed by atoms with Gasteiger partial charge in [-0.3, -0.25) is 0 Å². The molecule has 0 amide bonds. The Morgan fingerprint density at radius 1 is 1.58 bits per heavy atom. The SMILES string of the molecule is Cc1cc(F)cc(Cl)c1N=C=O. The zero-order valence-electron chi connectivity index (χ0n) is 6.27. The molecular weight excluding hydrogens is 181 g/mol. The number of aliphatic imine (C=N–C) groups is 1. The maximum absolute atomic E-state index is 12.6. The van der Waals surface area contributed by atoms with Crippen molar-refractivity contribution in [2.24, 2.45) is 4.99 Å². The molecule has 0 saturated carbocycles. The zero-order chi connectivity index (χ0) is 9.14. The highest BCUT2D eigenvalue weighted by Gasteiger charge is 2.04. The highest BCUT2D eigenvalue weighted by molar-refractivity contribution is 6.33. The number of aryl methyl sites for hydroxylation is 1. The molecule has 0 N–H and O–H groups in total. The maximum atomic E-state index is 12.6. The van der Waals surface area contributed by atoms with E-state index in [1.54, 1.807) is 6.92 Å². The molecule has 0 aliphatic carbocycles. The van der Waals surface area contributed by atoms with Gasteiger partial charge < -0.3 is 0 Å². The van der Waals surface area contributed by atoms with Crippen molar-refractivity contribution in [3.8, 4) is 0 Å². The van der Waals surface area contributed by atoms with Crippen LogP contribution in [0.4, 0.5) is 10.1 Å². The summed E-state index contributed by atoms with van der Waals surface area (Å²) in [7, 11) is 0. The lowest BCUT2D eigenvalue weighted by atomic mass is 10.2. The fourth-order valence-corrected chi connectivity index (χ4v) is 1.18. The minimum atomic E-state index is -0.442. The van der Waals surface area contributed by atoms with E-state index in [9.17, 15) is 9.18 Å². The summed E-state index contributed by atoms with van der Waals surface area (Å²) >= 11 is 5.60. The van der Waals surface area contributed by atoms with Gasteiger partial charge in [0.05, 0.1) is 10.7 Å². The molecule has 12 heavy (non-hydrogen) atoms. The van der Waals surface area contributed by atoms with E-state index in [-0.39, 0.29) is 10.7 Å². The third kappa shape index (κ3) is 1.70. The Kier molecular flexibility index (Phi) is 2.58. The molecule has 1 rings (SSSR count). The Bertz CT molecular complexity index is 335. The van der Waals surface area contributed by atoms with Crippen molar-refractivity contribution in [3.63, 3.8) is 0 Å². The maximum Gasteiger partial charge on any atom is 0.240 e. The molecule has 0 atom stereocenters. The highest BCUT2D eigenvalue weighted by Crippen LogP contribution is 2.28. The summed E-state index contributed by atoms with van der Waals surface area (Å²) in [5.74, 6) is -0.442. The third-order valence-electron chi connectivity index (χ3n) is 1.38. The smallest absolute Gasteiger partial charge is 0.211 e. The zero-order valence-corrected chi connectivity index (χ0v) is 7.02. The van der Waals surface area contributed by atoms with Gasteiger partial charge in [-0.05, 0) is 24.6 Å². The topological polar surface area (TPSA) is 29.4 Å². The van der Waals surface area contributed by atoms with E-state index >= 15 is 0 Å². The van der Waals surface area contributed by atoms with Crippen molar-refractivity contribution >= 4 is 23.4 Å². The molecular formula is C8H5ClFNO. The van der Waals surface area contributed by atoms with Crippen LogP contribution in [-0.4, -0.2) is 6.08 Å². The average molecular weight is 186 g/mol. The second kappa shape index (κ2) is 3.48. The summed E-state index contributed by atoms with van der Waals surface area (Å²) < 4.78 is 12.6. The van der Waals surface area contributed by atoms with Crippen LogP contribution in [0.2, 0.25) is 5.02 Å². The molecule has 2 nitrogen and oxygen atoms in total. The van der Waals surface area contributed by atoms with E-state index in [1.807, 2.05) is 0 Å². The van der Waals surface area contributed by atoms with Gasteiger partial charge >= 0.3 is 0 Å². The molecule has 0 fully saturated rings. The monoisotopic (exact) mass is 185 g/mol. The van der Waals surface area contributed by atoms with Crippen molar-refractivity contribution in [2.75, 3.05) is 0 Å². The van der Waals surface area contributed by atoms with Crippen molar-refractivity contribution < 1.29 is 9.18 Å². The van der Waals surface area contributed by atoms with Crippen LogP contribution >= 0.6 is 11.6 Å². The van der Waals surface area contributed by atoms with E-state index in [4.69, 9.17) is 11.6 Å². The molecule has 0 spiro atoms. The number of hydrogen-bond donors (Lipinski definition) is 0. The number of benzene rings is 1. The number of nitrogens with zero attached hydrogens (tertiary/aromatic N) is 1. The fourth-order valence-electron chi connectivity index (χ4n) is 0.882. The van der Waals surface area contributed by atoms with E-state index in [0.29, 0.717) is 5.56 Å². The lowest BCUT2D eigenvalue weighted by Crippen LogP contribution is -1.80. The van der Waals surface area contributed by atoms with Gasteiger partial charge in [0.15, 0.2) is 0 Å².